The fourth-order valence-electron chi connectivity index (χ4n) is 3.06. The van der Waals surface area contributed by atoms with E-state index in [-0.39, 0.29) is 0 Å². The number of rotatable bonds is 9. The molecule has 0 bridgehead atoms. The molecule has 0 amide bonds. The molecule has 2 aromatic carbocycles. The van der Waals surface area contributed by atoms with Crippen molar-refractivity contribution < 1.29 is 32.2 Å². The maximum atomic E-state index is 12.8. The topological polar surface area (TPSA) is 59.7 Å². The van der Waals surface area contributed by atoms with E-state index < -0.39 is 22.5 Å². The molecule has 8 heteroatoms. The fourth-order valence-corrected chi connectivity index (χ4v) is 3.89. The Hall–Kier alpha value is -2.87. The largest absolute Gasteiger partial charge is 0.493 e. The zero-order valence-electron chi connectivity index (χ0n) is 18.5. The van der Waals surface area contributed by atoms with E-state index in [1.54, 1.807) is 13.8 Å². The summed E-state index contributed by atoms with van der Waals surface area (Å²) in [4.78, 5) is 11.3. The van der Waals surface area contributed by atoms with Crippen LogP contribution >= 0.6 is 11.8 Å². The minimum atomic E-state index is -4.37. The highest BCUT2D eigenvalue weighted by Crippen LogP contribution is 2.32. The third-order valence-electron chi connectivity index (χ3n) is 5.17. The molecule has 176 valence electrons. The van der Waals surface area contributed by atoms with E-state index in [2.05, 4.69) is 0 Å². The van der Waals surface area contributed by atoms with Crippen molar-refractivity contribution in [3.8, 4) is 17.1 Å². The van der Waals surface area contributed by atoms with Gasteiger partial charge in [0, 0.05) is 17.7 Å². The number of carbonyl (C=O) groups is 1. The van der Waals surface area contributed by atoms with Crippen LogP contribution in [0.5, 0.6) is 5.75 Å². The van der Waals surface area contributed by atoms with E-state index in [1.165, 1.54) is 23.9 Å². The molecule has 3 rings (SSSR count). The summed E-state index contributed by atoms with van der Waals surface area (Å²) in [6, 6.07) is 14.2. The first-order chi connectivity index (χ1) is 15.5. The van der Waals surface area contributed by atoms with Crippen LogP contribution in [0.3, 0.4) is 0 Å². The highest BCUT2D eigenvalue weighted by Gasteiger charge is 2.30. The maximum absolute atomic E-state index is 12.8. The molecular formula is C25H25F3O4S. The molecule has 0 fully saturated rings. The van der Waals surface area contributed by atoms with Gasteiger partial charge in [-0.1, -0.05) is 24.3 Å². The summed E-state index contributed by atoms with van der Waals surface area (Å²) in [5.41, 5.74) is 1.76. The molecule has 4 nitrogen and oxygen atoms in total. The van der Waals surface area contributed by atoms with Crippen molar-refractivity contribution in [2.45, 2.75) is 43.9 Å². The standard InChI is InChI=1S/C25H25F3O4S/c1-16-19(14-22(32-16)18-7-9-20(10-8-18)25(26,27)28)11-12-31-21-6-4-5-17(13-21)15-33-24(2,3)23(29)30/h4-10,13-14H,11-12,15H2,1-3H3,(H,29,30). The Balaban J connectivity index is 1.58. The minimum Gasteiger partial charge on any atom is -0.493 e. The van der Waals surface area contributed by atoms with Crippen molar-refractivity contribution in [1.82, 2.24) is 0 Å². The van der Waals surface area contributed by atoms with E-state index in [0.29, 0.717) is 41.6 Å². The lowest BCUT2D eigenvalue weighted by atomic mass is 10.1. The number of hydrogen-bond donors (Lipinski definition) is 1. The fraction of sp³-hybridized carbons (Fsp3) is 0.320. The molecule has 0 aliphatic heterocycles. The number of aliphatic carboxylic acids is 1. The molecule has 1 N–H and O–H groups in total. The molecule has 3 aromatic rings. The lowest BCUT2D eigenvalue weighted by molar-refractivity contribution is -0.139. The number of aryl methyl sites for hydroxylation is 1. The summed E-state index contributed by atoms with van der Waals surface area (Å²) in [7, 11) is 0. The van der Waals surface area contributed by atoms with Gasteiger partial charge in [0.1, 0.15) is 22.0 Å². The van der Waals surface area contributed by atoms with Gasteiger partial charge in [0.15, 0.2) is 0 Å². The number of hydrogen-bond acceptors (Lipinski definition) is 4. The van der Waals surface area contributed by atoms with Gasteiger partial charge < -0.3 is 14.3 Å². The molecule has 0 aliphatic rings. The second-order valence-electron chi connectivity index (χ2n) is 8.12. The Bertz CT molecular complexity index is 1100. The number of thioether (sulfide) groups is 1. The van der Waals surface area contributed by atoms with Gasteiger partial charge in [-0.3, -0.25) is 4.79 Å². The molecule has 0 radical (unpaired) electrons. The highest BCUT2D eigenvalue weighted by atomic mass is 32.2. The number of carboxylic acids is 1. The number of furan rings is 1. The van der Waals surface area contributed by atoms with Gasteiger partial charge in [-0.15, -0.1) is 11.8 Å². The average molecular weight is 479 g/mol. The molecular weight excluding hydrogens is 453 g/mol. The predicted octanol–water partition coefficient (Wildman–Crippen LogP) is 6.99. The van der Waals surface area contributed by atoms with Gasteiger partial charge >= 0.3 is 12.1 Å². The summed E-state index contributed by atoms with van der Waals surface area (Å²) in [6.45, 7) is 5.55. The Morgan fingerprint density at radius 2 is 1.79 bits per heavy atom. The zero-order valence-corrected chi connectivity index (χ0v) is 19.3. The van der Waals surface area contributed by atoms with Crippen molar-refractivity contribution >= 4 is 17.7 Å². The van der Waals surface area contributed by atoms with Crippen LogP contribution in [-0.4, -0.2) is 22.4 Å². The second-order valence-corrected chi connectivity index (χ2v) is 9.72. The number of benzene rings is 2. The van der Waals surface area contributed by atoms with Crippen LogP contribution in [0.15, 0.2) is 59.0 Å². The van der Waals surface area contributed by atoms with Crippen molar-refractivity contribution in [3.63, 3.8) is 0 Å². The lowest BCUT2D eigenvalue weighted by Gasteiger charge is -2.18. The first-order valence-electron chi connectivity index (χ1n) is 10.3. The second kappa shape index (κ2) is 9.95. The Kier molecular flexibility index (Phi) is 7.47. The quantitative estimate of drug-likeness (QED) is 0.359. The van der Waals surface area contributed by atoms with Crippen LogP contribution < -0.4 is 4.74 Å². The summed E-state index contributed by atoms with van der Waals surface area (Å²) in [5.74, 6) is 1.58. The first-order valence-corrected chi connectivity index (χ1v) is 11.3. The Morgan fingerprint density at radius 3 is 2.42 bits per heavy atom. The highest BCUT2D eigenvalue weighted by molar-refractivity contribution is 8.00. The van der Waals surface area contributed by atoms with Gasteiger partial charge in [-0.25, -0.2) is 0 Å². The van der Waals surface area contributed by atoms with Gasteiger partial charge in [-0.2, -0.15) is 13.2 Å². The molecule has 1 aromatic heterocycles. The van der Waals surface area contributed by atoms with E-state index in [9.17, 15) is 23.1 Å². The van der Waals surface area contributed by atoms with Crippen LogP contribution in [0.1, 0.15) is 36.3 Å². The number of halogens is 3. The molecule has 0 aliphatic carbocycles. The lowest BCUT2D eigenvalue weighted by Crippen LogP contribution is -2.27. The smallest absolute Gasteiger partial charge is 0.416 e. The normalized spacial score (nSPS) is 12.1. The summed E-state index contributed by atoms with van der Waals surface area (Å²) in [5, 5.41) is 9.24. The van der Waals surface area contributed by atoms with Crippen molar-refractivity contribution in [2.75, 3.05) is 6.61 Å². The predicted molar refractivity (Wildman–Crippen MR) is 123 cm³/mol. The van der Waals surface area contributed by atoms with E-state index in [1.807, 2.05) is 37.3 Å². The van der Waals surface area contributed by atoms with E-state index in [4.69, 9.17) is 9.15 Å². The summed E-state index contributed by atoms with van der Waals surface area (Å²) >= 11 is 1.34. The Labute approximate surface area is 194 Å². The Morgan fingerprint density at radius 1 is 1.09 bits per heavy atom. The van der Waals surface area contributed by atoms with Crippen LogP contribution in [0.4, 0.5) is 13.2 Å². The maximum Gasteiger partial charge on any atom is 0.416 e. The summed E-state index contributed by atoms with van der Waals surface area (Å²) in [6.07, 6.45) is -3.80. The van der Waals surface area contributed by atoms with Gasteiger partial charge in [0.2, 0.25) is 0 Å². The minimum absolute atomic E-state index is 0.393. The van der Waals surface area contributed by atoms with Gasteiger partial charge in [0.05, 0.1) is 12.2 Å². The first kappa shape index (κ1) is 24.8. The number of carboxylic acid groups (broad SMARTS) is 1. The van der Waals surface area contributed by atoms with E-state index >= 15 is 0 Å². The van der Waals surface area contributed by atoms with Crippen molar-refractivity contribution in [1.29, 1.82) is 0 Å². The number of alkyl halides is 3. The zero-order chi connectivity index (χ0) is 24.2. The number of ether oxygens (including phenoxy) is 1. The van der Waals surface area contributed by atoms with Crippen molar-refractivity contribution in [3.05, 3.63) is 77.0 Å². The summed E-state index contributed by atoms with van der Waals surface area (Å²) < 4.78 is 49.0. The third-order valence-corrected chi connectivity index (χ3v) is 6.54. The van der Waals surface area contributed by atoms with Crippen LogP contribution in [0.2, 0.25) is 0 Å². The van der Waals surface area contributed by atoms with Crippen molar-refractivity contribution in [2.24, 2.45) is 0 Å². The molecule has 0 saturated heterocycles. The van der Waals surface area contributed by atoms with Crippen LogP contribution in [0.25, 0.3) is 11.3 Å². The molecule has 33 heavy (non-hydrogen) atoms. The van der Waals surface area contributed by atoms with Gasteiger partial charge in [0.25, 0.3) is 0 Å². The molecule has 0 saturated carbocycles. The van der Waals surface area contributed by atoms with E-state index in [0.717, 1.165) is 23.3 Å². The molecule has 1 heterocycles. The van der Waals surface area contributed by atoms with Gasteiger partial charge in [-0.05, 0) is 62.2 Å². The third kappa shape index (κ3) is 6.57. The van der Waals surface area contributed by atoms with Crippen LogP contribution in [0, 0.1) is 6.92 Å². The monoisotopic (exact) mass is 478 g/mol. The average Bonchev–Trinajstić information content (AvgIpc) is 3.12. The molecule has 0 atom stereocenters. The SMILES string of the molecule is Cc1oc(-c2ccc(C(F)(F)F)cc2)cc1CCOc1cccc(CSC(C)(C)C(=O)O)c1. The molecule has 0 unspecified atom stereocenters. The van der Waals surface area contributed by atoms with Crippen LogP contribution in [-0.2, 0) is 23.1 Å². The molecule has 0 spiro atoms.